The predicted octanol–water partition coefficient (Wildman–Crippen LogP) is 3.70. The van der Waals surface area contributed by atoms with Crippen LogP contribution in [0.25, 0.3) is 0 Å². The van der Waals surface area contributed by atoms with E-state index in [-0.39, 0.29) is 30.8 Å². The van der Waals surface area contributed by atoms with Crippen molar-refractivity contribution in [3.05, 3.63) is 65.5 Å². The maximum Gasteiger partial charge on any atom is 0.261 e. The Bertz CT molecular complexity index is 821. The first-order chi connectivity index (χ1) is 13.8. The highest BCUT2D eigenvalue weighted by molar-refractivity contribution is 5.88. The lowest BCUT2D eigenvalue weighted by atomic mass is 10.1. The second kappa shape index (κ2) is 10.6. The van der Waals surface area contributed by atoms with Crippen LogP contribution in [0.5, 0.6) is 5.75 Å². The average molecular weight is 400 g/mol. The van der Waals surface area contributed by atoms with E-state index < -0.39 is 6.04 Å². The minimum Gasteiger partial charge on any atom is -0.484 e. The van der Waals surface area contributed by atoms with E-state index >= 15 is 0 Å². The van der Waals surface area contributed by atoms with Crippen LogP contribution in [-0.4, -0.2) is 35.9 Å². The Morgan fingerprint density at radius 1 is 1.07 bits per heavy atom. The zero-order chi connectivity index (χ0) is 21.4. The molecule has 1 N–H and O–H groups in total. The minimum atomic E-state index is -0.688. The smallest absolute Gasteiger partial charge is 0.261 e. The van der Waals surface area contributed by atoms with Crippen molar-refractivity contribution < 1.29 is 18.7 Å². The number of para-hydroxylation sites is 1. The van der Waals surface area contributed by atoms with Gasteiger partial charge in [-0.1, -0.05) is 44.2 Å². The van der Waals surface area contributed by atoms with Crippen molar-refractivity contribution in [2.45, 2.75) is 40.3 Å². The van der Waals surface area contributed by atoms with Gasteiger partial charge >= 0.3 is 0 Å². The van der Waals surface area contributed by atoms with E-state index in [1.807, 2.05) is 39.0 Å². The quantitative estimate of drug-likeness (QED) is 0.698. The number of amides is 2. The largest absolute Gasteiger partial charge is 0.484 e. The van der Waals surface area contributed by atoms with Crippen LogP contribution in [0.15, 0.2) is 48.5 Å². The number of benzene rings is 2. The topological polar surface area (TPSA) is 58.6 Å². The van der Waals surface area contributed by atoms with Crippen LogP contribution in [0.4, 0.5) is 4.39 Å². The summed E-state index contributed by atoms with van der Waals surface area (Å²) >= 11 is 0. The number of aryl methyl sites for hydroxylation is 1. The van der Waals surface area contributed by atoms with Crippen molar-refractivity contribution in [1.82, 2.24) is 10.2 Å². The molecule has 0 aliphatic rings. The fraction of sp³-hybridized carbons (Fsp3) is 0.391. The van der Waals surface area contributed by atoms with E-state index in [1.54, 1.807) is 25.1 Å². The molecule has 156 valence electrons. The molecule has 0 unspecified atom stereocenters. The number of nitrogens with one attached hydrogen (secondary N) is 1. The first-order valence-electron chi connectivity index (χ1n) is 9.78. The van der Waals surface area contributed by atoms with Gasteiger partial charge < -0.3 is 15.0 Å². The molecule has 0 heterocycles. The first kappa shape index (κ1) is 22.4. The highest BCUT2D eigenvalue weighted by Gasteiger charge is 2.26. The molecule has 0 aliphatic carbocycles. The average Bonchev–Trinajstić information content (AvgIpc) is 2.70. The van der Waals surface area contributed by atoms with Crippen molar-refractivity contribution >= 4 is 11.8 Å². The third kappa shape index (κ3) is 6.89. The lowest BCUT2D eigenvalue weighted by molar-refractivity contribution is -0.142. The number of nitrogens with zero attached hydrogens (tertiary/aromatic N) is 1. The molecule has 2 aromatic rings. The van der Waals surface area contributed by atoms with Gasteiger partial charge in [0, 0.05) is 13.1 Å². The lowest BCUT2D eigenvalue weighted by Gasteiger charge is -2.29. The molecule has 0 spiro atoms. The van der Waals surface area contributed by atoms with Crippen molar-refractivity contribution in [3.63, 3.8) is 0 Å². The van der Waals surface area contributed by atoms with Crippen LogP contribution < -0.4 is 10.1 Å². The van der Waals surface area contributed by atoms with Crippen LogP contribution in [-0.2, 0) is 16.1 Å². The summed E-state index contributed by atoms with van der Waals surface area (Å²) < 4.78 is 18.9. The van der Waals surface area contributed by atoms with Gasteiger partial charge in [0.15, 0.2) is 6.61 Å². The molecule has 2 aromatic carbocycles. The molecule has 0 saturated carbocycles. The van der Waals surface area contributed by atoms with Crippen LogP contribution >= 0.6 is 0 Å². The van der Waals surface area contributed by atoms with Gasteiger partial charge in [-0.05, 0) is 49.1 Å². The molecule has 0 aromatic heterocycles. The molecule has 0 aliphatic heterocycles. The third-order valence-corrected chi connectivity index (χ3v) is 4.56. The molecule has 0 radical (unpaired) electrons. The van der Waals surface area contributed by atoms with E-state index in [0.717, 1.165) is 11.1 Å². The van der Waals surface area contributed by atoms with Gasteiger partial charge in [-0.2, -0.15) is 0 Å². The lowest BCUT2D eigenvalue weighted by Crippen LogP contribution is -2.49. The van der Waals surface area contributed by atoms with Gasteiger partial charge in [-0.15, -0.1) is 0 Å². The highest BCUT2D eigenvalue weighted by atomic mass is 19.1. The van der Waals surface area contributed by atoms with Crippen molar-refractivity contribution in [1.29, 1.82) is 0 Å². The number of halogens is 1. The first-order valence-corrected chi connectivity index (χ1v) is 9.78. The summed E-state index contributed by atoms with van der Waals surface area (Å²) in [5, 5.41) is 2.86. The van der Waals surface area contributed by atoms with E-state index in [0.29, 0.717) is 18.2 Å². The van der Waals surface area contributed by atoms with Crippen LogP contribution in [0, 0.1) is 18.7 Å². The van der Waals surface area contributed by atoms with E-state index in [4.69, 9.17) is 4.74 Å². The normalized spacial score (nSPS) is 11.8. The van der Waals surface area contributed by atoms with Gasteiger partial charge in [0.25, 0.3) is 5.91 Å². The molecule has 2 rings (SSSR count). The second-order valence-corrected chi connectivity index (χ2v) is 7.52. The van der Waals surface area contributed by atoms with E-state index in [1.165, 1.54) is 17.0 Å². The Kier molecular flexibility index (Phi) is 8.19. The Labute approximate surface area is 171 Å². The highest BCUT2D eigenvalue weighted by Crippen LogP contribution is 2.17. The number of carbonyl (C=O) groups excluding carboxylic acids is 2. The Morgan fingerprint density at radius 2 is 1.72 bits per heavy atom. The van der Waals surface area contributed by atoms with Crippen LogP contribution in [0.3, 0.4) is 0 Å². The van der Waals surface area contributed by atoms with E-state index in [2.05, 4.69) is 5.32 Å². The Balaban J connectivity index is 2.13. The number of rotatable bonds is 9. The fourth-order valence-corrected chi connectivity index (χ4v) is 2.76. The third-order valence-electron chi connectivity index (χ3n) is 4.56. The van der Waals surface area contributed by atoms with Crippen molar-refractivity contribution in [3.8, 4) is 5.75 Å². The van der Waals surface area contributed by atoms with Gasteiger partial charge in [-0.3, -0.25) is 9.59 Å². The molecule has 0 saturated heterocycles. The second-order valence-electron chi connectivity index (χ2n) is 7.52. The standard InChI is InChI=1S/C23H29FN2O3/c1-16(2)13-25-23(28)18(4)26(14-19-9-11-20(24)12-10-19)22(27)15-29-21-8-6-5-7-17(21)3/h5-12,16,18H,13-15H2,1-4H3,(H,25,28)/t18-/m1/s1. The summed E-state index contributed by atoms with van der Waals surface area (Å²) in [5.41, 5.74) is 1.66. The van der Waals surface area contributed by atoms with Gasteiger partial charge in [-0.25, -0.2) is 4.39 Å². The molecule has 6 heteroatoms. The number of ether oxygens (including phenoxy) is 1. The summed E-state index contributed by atoms with van der Waals surface area (Å²) in [6, 6.07) is 12.6. The summed E-state index contributed by atoms with van der Waals surface area (Å²) in [5.74, 6) is 0.0309. The van der Waals surface area contributed by atoms with E-state index in [9.17, 15) is 14.0 Å². The molecule has 29 heavy (non-hydrogen) atoms. The number of carbonyl (C=O) groups is 2. The Morgan fingerprint density at radius 3 is 2.34 bits per heavy atom. The molecule has 2 amide bonds. The summed E-state index contributed by atoms with van der Waals surface area (Å²) in [7, 11) is 0. The fourth-order valence-electron chi connectivity index (χ4n) is 2.76. The monoisotopic (exact) mass is 400 g/mol. The van der Waals surface area contributed by atoms with Crippen LogP contribution in [0.2, 0.25) is 0 Å². The van der Waals surface area contributed by atoms with Crippen LogP contribution in [0.1, 0.15) is 31.9 Å². The molecular weight excluding hydrogens is 371 g/mol. The summed E-state index contributed by atoms with van der Waals surface area (Å²) in [4.78, 5) is 26.9. The van der Waals surface area contributed by atoms with Gasteiger partial charge in [0.1, 0.15) is 17.6 Å². The zero-order valence-electron chi connectivity index (χ0n) is 17.4. The maximum absolute atomic E-state index is 13.2. The zero-order valence-corrected chi connectivity index (χ0v) is 17.4. The number of hydrogen-bond donors (Lipinski definition) is 1. The molecule has 1 atom stereocenters. The predicted molar refractivity (Wildman–Crippen MR) is 111 cm³/mol. The Hall–Kier alpha value is -2.89. The van der Waals surface area contributed by atoms with Crippen molar-refractivity contribution in [2.24, 2.45) is 5.92 Å². The molecule has 0 bridgehead atoms. The maximum atomic E-state index is 13.2. The summed E-state index contributed by atoms with van der Waals surface area (Å²) in [6.45, 7) is 8.12. The minimum absolute atomic E-state index is 0.187. The molecule has 0 fully saturated rings. The van der Waals surface area contributed by atoms with Gasteiger partial charge in [0.2, 0.25) is 5.91 Å². The van der Waals surface area contributed by atoms with Crippen molar-refractivity contribution in [2.75, 3.05) is 13.2 Å². The molecule has 5 nitrogen and oxygen atoms in total. The molecular formula is C23H29FN2O3. The summed E-state index contributed by atoms with van der Waals surface area (Å²) in [6.07, 6.45) is 0. The number of hydrogen-bond acceptors (Lipinski definition) is 3. The SMILES string of the molecule is Cc1ccccc1OCC(=O)N(Cc1ccc(F)cc1)[C@H](C)C(=O)NCC(C)C. The van der Waals surface area contributed by atoms with Gasteiger partial charge in [0.05, 0.1) is 0 Å².